The monoisotopic (exact) mass is 234 g/mol. The maximum absolute atomic E-state index is 5.17. The number of imidazole rings is 1. The van der Waals surface area contributed by atoms with E-state index in [0.717, 1.165) is 4.60 Å². The molecule has 12 heavy (non-hydrogen) atoms. The Hall–Kier alpha value is -0.390. The average Bonchev–Trinajstić information content (AvgIpc) is 2.51. The van der Waals surface area contributed by atoms with Crippen LogP contribution in [0.1, 0.15) is 6.92 Å². The molecule has 0 N–H and O–H groups in total. The molecule has 0 unspecified atom stereocenters. The van der Waals surface area contributed by atoms with Gasteiger partial charge in [-0.3, -0.25) is 4.57 Å². The third-order valence-corrected chi connectivity index (χ3v) is 2.19. The van der Waals surface area contributed by atoms with E-state index in [2.05, 4.69) is 20.9 Å². The lowest BCUT2D eigenvalue weighted by Gasteiger charge is -2.26. The van der Waals surface area contributed by atoms with Gasteiger partial charge in [0.1, 0.15) is 10.9 Å². The number of hydrogen-bond acceptors (Lipinski definition) is 3. The van der Waals surface area contributed by atoms with Crippen molar-refractivity contribution in [1.29, 1.82) is 0 Å². The summed E-state index contributed by atoms with van der Waals surface area (Å²) in [6, 6.07) is 0. The van der Waals surface area contributed by atoms with Gasteiger partial charge in [0.05, 0.1) is 0 Å². The minimum atomic E-state index is -0.779. The second-order valence-corrected chi connectivity index (χ2v) is 3.22. The van der Waals surface area contributed by atoms with Crippen LogP contribution in [0.2, 0.25) is 0 Å². The highest BCUT2D eigenvalue weighted by atomic mass is 79.9. The number of aromatic nitrogens is 2. The Morgan fingerprint density at radius 2 is 2.08 bits per heavy atom. The van der Waals surface area contributed by atoms with Crippen LogP contribution < -0.4 is 0 Å². The van der Waals surface area contributed by atoms with Gasteiger partial charge in [0.25, 0.3) is 5.91 Å². The van der Waals surface area contributed by atoms with Crippen LogP contribution in [-0.2, 0) is 15.4 Å². The molecule has 5 heteroatoms. The third-order valence-electron chi connectivity index (χ3n) is 1.78. The highest BCUT2D eigenvalue weighted by Crippen LogP contribution is 2.19. The number of methoxy groups -OCH3 is 2. The summed E-state index contributed by atoms with van der Waals surface area (Å²) in [7, 11) is 3.16. The predicted octanol–water partition coefficient (Wildman–Crippen LogP) is 1.57. The van der Waals surface area contributed by atoms with E-state index >= 15 is 0 Å². The highest BCUT2D eigenvalue weighted by Gasteiger charge is 2.24. The van der Waals surface area contributed by atoms with E-state index in [9.17, 15) is 0 Å². The summed E-state index contributed by atoms with van der Waals surface area (Å²) in [6.45, 7) is 1.81. The Kier molecular flexibility index (Phi) is 2.87. The van der Waals surface area contributed by atoms with Gasteiger partial charge in [0.15, 0.2) is 0 Å². The smallest absolute Gasteiger partial charge is 0.252 e. The SMILES string of the molecule is COC(C)(OC)n1cnc(Br)c1. The zero-order valence-electron chi connectivity index (χ0n) is 7.24. The molecule has 0 aliphatic rings. The van der Waals surface area contributed by atoms with Crippen molar-refractivity contribution in [3.05, 3.63) is 17.1 Å². The Bertz CT molecular complexity index is 258. The molecule has 0 aromatic carbocycles. The Morgan fingerprint density at radius 1 is 1.50 bits per heavy atom. The van der Waals surface area contributed by atoms with E-state index in [1.165, 1.54) is 0 Å². The van der Waals surface area contributed by atoms with Crippen LogP contribution in [-0.4, -0.2) is 23.8 Å². The minimum absolute atomic E-state index is 0.753. The lowest BCUT2D eigenvalue weighted by atomic mass is 10.5. The predicted molar refractivity (Wildman–Crippen MR) is 47.6 cm³/mol. The lowest BCUT2D eigenvalue weighted by Crippen LogP contribution is -2.33. The molecule has 1 rings (SSSR count). The molecule has 0 saturated heterocycles. The zero-order valence-corrected chi connectivity index (χ0v) is 8.83. The van der Waals surface area contributed by atoms with E-state index in [0.29, 0.717) is 0 Å². The molecule has 1 heterocycles. The first-order valence-corrected chi connectivity index (χ1v) is 4.22. The van der Waals surface area contributed by atoms with Crippen LogP contribution in [0, 0.1) is 0 Å². The summed E-state index contributed by atoms with van der Waals surface area (Å²) in [5.41, 5.74) is 0. The van der Waals surface area contributed by atoms with Gasteiger partial charge in [0.2, 0.25) is 0 Å². The number of ether oxygens (including phenoxy) is 2. The Labute approximate surface area is 79.6 Å². The van der Waals surface area contributed by atoms with Gasteiger partial charge in [0, 0.05) is 27.3 Å². The molecular weight excluding hydrogens is 224 g/mol. The van der Waals surface area contributed by atoms with E-state index in [1.807, 2.05) is 0 Å². The summed E-state index contributed by atoms with van der Waals surface area (Å²) in [5.74, 6) is -0.779. The highest BCUT2D eigenvalue weighted by molar-refractivity contribution is 9.10. The van der Waals surface area contributed by atoms with Crippen molar-refractivity contribution in [3.63, 3.8) is 0 Å². The van der Waals surface area contributed by atoms with Crippen LogP contribution in [0.5, 0.6) is 0 Å². The molecule has 0 radical (unpaired) electrons. The molecule has 0 amide bonds. The fourth-order valence-electron chi connectivity index (χ4n) is 0.815. The maximum atomic E-state index is 5.17. The van der Waals surface area contributed by atoms with Crippen molar-refractivity contribution in [2.24, 2.45) is 0 Å². The molecule has 0 aliphatic heterocycles. The van der Waals surface area contributed by atoms with Crippen molar-refractivity contribution in [2.45, 2.75) is 12.8 Å². The molecule has 0 spiro atoms. The Balaban J connectivity index is 2.94. The molecular formula is C7H11BrN2O2. The first kappa shape index (κ1) is 9.70. The van der Waals surface area contributed by atoms with Crippen molar-refractivity contribution in [2.75, 3.05) is 14.2 Å². The first-order chi connectivity index (χ1) is 5.62. The molecule has 1 aromatic heterocycles. The van der Waals surface area contributed by atoms with Gasteiger partial charge in [-0.25, -0.2) is 4.98 Å². The largest absolute Gasteiger partial charge is 0.336 e. The van der Waals surface area contributed by atoms with Gasteiger partial charge in [-0.2, -0.15) is 0 Å². The van der Waals surface area contributed by atoms with Crippen LogP contribution in [0.3, 0.4) is 0 Å². The summed E-state index contributed by atoms with van der Waals surface area (Å²) in [4.78, 5) is 4.00. The van der Waals surface area contributed by atoms with Gasteiger partial charge in [-0.15, -0.1) is 0 Å². The van der Waals surface area contributed by atoms with Crippen LogP contribution in [0.25, 0.3) is 0 Å². The van der Waals surface area contributed by atoms with Crippen LogP contribution >= 0.6 is 15.9 Å². The third kappa shape index (κ3) is 1.68. The number of nitrogens with zero attached hydrogens (tertiary/aromatic N) is 2. The van der Waals surface area contributed by atoms with E-state index in [-0.39, 0.29) is 0 Å². The van der Waals surface area contributed by atoms with Crippen LogP contribution in [0.4, 0.5) is 0 Å². The standard InChI is InChI=1S/C7H11BrN2O2/c1-7(11-2,12-3)10-4-6(8)9-5-10/h4-5H,1-3H3. The second kappa shape index (κ2) is 3.55. The second-order valence-electron chi connectivity index (χ2n) is 2.41. The van der Waals surface area contributed by atoms with Crippen molar-refractivity contribution >= 4 is 15.9 Å². The lowest BCUT2D eigenvalue weighted by molar-refractivity contribution is -0.254. The van der Waals surface area contributed by atoms with Gasteiger partial charge in [-0.1, -0.05) is 0 Å². The Morgan fingerprint density at radius 3 is 2.42 bits per heavy atom. The number of rotatable bonds is 3. The van der Waals surface area contributed by atoms with Crippen molar-refractivity contribution in [3.8, 4) is 0 Å². The van der Waals surface area contributed by atoms with Crippen molar-refractivity contribution < 1.29 is 9.47 Å². The van der Waals surface area contributed by atoms with E-state index in [1.54, 1.807) is 38.2 Å². The minimum Gasteiger partial charge on any atom is -0.336 e. The molecule has 1 aromatic rings. The number of halogens is 1. The summed E-state index contributed by atoms with van der Waals surface area (Å²) < 4.78 is 12.8. The van der Waals surface area contributed by atoms with Gasteiger partial charge < -0.3 is 9.47 Å². The maximum Gasteiger partial charge on any atom is 0.252 e. The molecule has 0 fully saturated rings. The van der Waals surface area contributed by atoms with Crippen LogP contribution in [0.15, 0.2) is 17.1 Å². The molecule has 0 bridgehead atoms. The van der Waals surface area contributed by atoms with E-state index in [4.69, 9.17) is 9.47 Å². The molecule has 0 atom stereocenters. The van der Waals surface area contributed by atoms with Gasteiger partial charge in [-0.05, 0) is 15.9 Å². The fourth-order valence-corrected chi connectivity index (χ4v) is 1.13. The molecule has 4 nitrogen and oxygen atoms in total. The summed E-state index contributed by atoms with van der Waals surface area (Å²) in [5, 5.41) is 0. The van der Waals surface area contributed by atoms with E-state index < -0.39 is 5.91 Å². The first-order valence-electron chi connectivity index (χ1n) is 3.42. The summed E-state index contributed by atoms with van der Waals surface area (Å²) >= 11 is 3.24. The summed E-state index contributed by atoms with van der Waals surface area (Å²) in [6.07, 6.45) is 3.42. The number of hydrogen-bond donors (Lipinski definition) is 0. The quantitative estimate of drug-likeness (QED) is 0.746. The molecule has 0 aliphatic carbocycles. The fraction of sp³-hybridized carbons (Fsp3) is 0.571. The zero-order chi connectivity index (χ0) is 9.19. The normalized spacial score (nSPS) is 12.0. The molecule has 68 valence electrons. The average molecular weight is 235 g/mol. The molecule has 0 saturated carbocycles. The van der Waals surface area contributed by atoms with Crippen molar-refractivity contribution in [1.82, 2.24) is 9.55 Å². The topological polar surface area (TPSA) is 36.3 Å². The van der Waals surface area contributed by atoms with Gasteiger partial charge >= 0.3 is 0 Å².